The van der Waals surface area contributed by atoms with E-state index in [-0.39, 0.29) is 18.4 Å². The number of likely N-dealkylation sites (N-methyl/N-ethyl adjacent to an activating group) is 1. The average molecular weight is 309 g/mol. The fourth-order valence-electron chi connectivity index (χ4n) is 3.04. The van der Waals surface area contributed by atoms with E-state index >= 15 is 0 Å². The van der Waals surface area contributed by atoms with Gasteiger partial charge in [-0.3, -0.25) is 4.79 Å². The first-order valence-corrected chi connectivity index (χ1v) is 7.89. The second kappa shape index (κ2) is 7.24. The van der Waals surface area contributed by atoms with Gasteiger partial charge < -0.3 is 19.4 Å². The molecule has 2 heterocycles. The molecule has 0 bridgehead atoms. The number of aliphatic hydroxyl groups excluding tert-OH is 1. The van der Waals surface area contributed by atoms with Gasteiger partial charge in [0.05, 0.1) is 12.1 Å². The molecular formula is C16H27N3O3. The van der Waals surface area contributed by atoms with E-state index in [4.69, 9.17) is 4.52 Å². The smallest absolute Gasteiger partial charge is 0.227 e. The summed E-state index contributed by atoms with van der Waals surface area (Å²) in [5, 5.41) is 13.4. The Kier molecular flexibility index (Phi) is 5.58. The molecule has 0 aromatic carbocycles. The first kappa shape index (κ1) is 17.0. The molecule has 2 atom stereocenters. The number of amides is 1. The van der Waals surface area contributed by atoms with Crippen LogP contribution in [-0.2, 0) is 11.2 Å². The van der Waals surface area contributed by atoms with E-state index in [2.05, 4.69) is 10.1 Å². The summed E-state index contributed by atoms with van der Waals surface area (Å²) in [5.74, 6) is 0.962. The maximum absolute atomic E-state index is 12.7. The van der Waals surface area contributed by atoms with Gasteiger partial charge in [0.2, 0.25) is 5.91 Å². The summed E-state index contributed by atoms with van der Waals surface area (Å²) < 4.78 is 5.14. The number of aryl methyl sites for hydroxylation is 2. The van der Waals surface area contributed by atoms with Gasteiger partial charge in [0.25, 0.3) is 0 Å². The van der Waals surface area contributed by atoms with E-state index in [0.29, 0.717) is 31.3 Å². The second-order valence-corrected chi connectivity index (χ2v) is 6.52. The quantitative estimate of drug-likeness (QED) is 0.898. The fraction of sp³-hybridized carbons (Fsp3) is 0.750. The van der Waals surface area contributed by atoms with Crippen molar-refractivity contribution in [2.45, 2.75) is 39.2 Å². The molecule has 1 saturated heterocycles. The Labute approximate surface area is 132 Å². The Bertz CT molecular complexity index is 493. The number of nitrogens with zero attached hydrogens (tertiary/aromatic N) is 3. The lowest BCUT2D eigenvalue weighted by atomic mass is 10.0. The van der Waals surface area contributed by atoms with Crippen LogP contribution >= 0.6 is 0 Å². The lowest BCUT2D eigenvalue weighted by molar-refractivity contribution is -0.131. The first-order chi connectivity index (χ1) is 10.4. The molecule has 6 heteroatoms. The largest absolute Gasteiger partial charge is 0.396 e. The number of carbonyl (C=O) groups is 1. The molecule has 6 nitrogen and oxygen atoms in total. The van der Waals surface area contributed by atoms with E-state index in [1.807, 2.05) is 32.8 Å². The SMILES string of the molecule is Cc1noc(C)c1CC(=O)N1C[C@@H](CO)CC[C@@H](N(C)C)C1. The van der Waals surface area contributed by atoms with Crippen molar-refractivity contribution in [1.82, 2.24) is 15.0 Å². The molecule has 124 valence electrons. The molecule has 0 aliphatic carbocycles. The summed E-state index contributed by atoms with van der Waals surface area (Å²) in [6.07, 6.45) is 2.28. The summed E-state index contributed by atoms with van der Waals surface area (Å²) in [7, 11) is 4.09. The third-order valence-corrected chi connectivity index (χ3v) is 4.67. The number of hydrogen-bond acceptors (Lipinski definition) is 5. The first-order valence-electron chi connectivity index (χ1n) is 7.89. The number of likely N-dealkylation sites (tertiary alicyclic amines) is 1. The van der Waals surface area contributed by atoms with Gasteiger partial charge in [-0.1, -0.05) is 5.16 Å². The Hall–Kier alpha value is -1.40. The number of rotatable bonds is 4. The lowest BCUT2D eigenvalue weighted by Crippen LogP contribution is -2.43. The zero-order valence-electron chi connectivity index (χ0n) is 14.0. The van der Waals surface area contributed by atoms with Crippen molar-refractivity contribution >= 4 is 5.91 Å². The van der Waals surface area contributed by atoms with Crippen LogP contribution in [0, 0.1) is 19.8 Å². The normalized spacial score (nSPS) is 22.9. The fourth-order valence-corrected chi connectivity index (χ4v) is 3.04. The van der Waals surface area contributed by atoms with Gasteiger partial charge >= 0.3 is 0 Å². The summed E-state index contributed by atoms with van der Waals surface area (Å²) >= 11 is 0. The van der Waals surface area contributed by atoms with Crippen molar-refractivity contribution in [3.8, 4) is 0 Å². The van der Waals surface area contributed by atoms with Gasteiger partial charge in [-0.15, -0.1) is 0 Å². The summed E-state index contributed by atoms with van der Waals surface area (Å²) in [6.45, 7) is 5.18. The average Bonchev–Trinajstić information content (AvgIpc) is 2.71. The topological polar surface area (TPSA) is 69.8 Å². The van der Waals surface area contributed by atoms with E-state index in [1.165, 1.54) is 0 Å². The molecular weight excluding hydrogens is 282 g/mol. The molecule has 0 saturated carbocycles. The third-order valence-electron chi connectivity index (χ3n) is 4.67. The molecule has 1 aromatic heterocycles. The van der Waals surface area contributed by atoms with Crippen molar-refractivity contribution < 1.29 is 14.4 Å². The monoisotopic (exact) mass is 309 g/mol. The molecule has 0 radical (unpaired) electrons. The molecule has 0 spiro atoms. The van der Waals surface area contributed by atoms with Gasteiger partial charge in [0.15, 0.2) is 0 Å². The standard InChI is InChI=1S/C16H27N3O3/c1-11-15(12(2)22-17-11)7-16(21)19-8-13(10-20)5-6-14(9-19)18(3)4/h13-14,20H,5-10H2,1-4H3/t13-,14+/m0/s1. The molecule has 1 aromatic rings. The highest BCUT2D eigenvalue weighted by Gasteiger charge is 2.28. The van der Waals surface area contributed by atoms with Gasteiger partial charge in [-0.05, 0) is 46.7 Å². The van der Waals surface area contributed by atoms with E-state index < -0.39 is 0 Å². The van der Waals surface area contributed by atoms with E-state index in [1.54, 1.807) is 0 Å². The maximum atomic E-state index is 12.7. The van der Waals surface area contributed by atoms with Crippen molar-refractivity contribution in [2.75, 3.05) is 33.8 Å². The highest BCUT2D eigenvalue weighted by Crippen LogP contribution is 2.21. The lowest BCUT2D eigenvalue weighted by Gasteiger charge is -2.29. The number of carbonyl (C=O) groups excluding carboxylic acids is 1. The van der Waals surface area contributed by atoms with Crippen LogP contribution in [-0.4, -0.2) is 65.8 Å². The predicted octanol–water partition coefficient (Wildman–Crippen LogP) is 0.995. The zero-order valence-corrected chi connectivity index (χ0v) is 14.0. The molecule has 1 fully saturated rings. The van der Waals surface area contributed by atoms with Crippen molar-refractivity contribution in [3.63, 3.8) is 0 Å². The summed E-state index contributed by atoms with van der Waals surface area (Å²) in [4.78, 5) is 16.8. The van der Waals surface area contributed by atoms with Crippen LogP contribution in [0.4, 0.5) is 0 Å². The predicted molar refractivity (Wildman–Crippen MR) is 83.5 cm³/mol. The maximum Gasteiger partial charge on any atom is 0.227 e. The summed E-state index contributed by atoms with van der Waals surface area (Å²) in [6, 6.07) is 0.338. The highest BCUT2D eigenvalue weighted by atomic mass is 16.5. The van der Waals surface area contributed by atoms with Crippen molar-refractivity contribution in [1.29, 1.82) is 0 Å². The van der Waals surface area contributed by atoms with Crippen LogP contribution < -0.4 is 0 Å². The van der Waals surface area contributed by atoms with Crippen LogP contribution in [0.3, 0.4) is 0 Å². The third kappa shape index (κ3) is 3.87. The molecule has 1 amide bonds. The minimum Gasteiger partial charge on any atom is -0.396 e. The van der Waals surface area contributed by atoms with E-state index in [0.717, 1.165) is 24.1 Å². The summed E-state index contributed by atoms with van der Waals surface area (Å²) in [5.41, 5.74) is 1.67. The molecule has 1 N–H and O–H groups in total. The Balaban J connectivity index is 2.11. The minimum absolute atomic E-state index is 0.0848. The van der Waals surface area contributed by atoms with Gasteiger partial charge in [0.1, 0.15) is 5.76 Å². The number of hydrogen-bond donors (Lipinski definition) is 1. The second-order valence-electron chi connectivity index (χ2n) is 6.52. The van der Waals surface area contributed by atoms with Gasteiger partial charge in [0, 0.05) is 31.3 Å². The van der Waals surface area contributed by atoms with Crippen LogP contribution in [0.1, 0.15) is 29.9 Å². The van der Waals surface area contributed by atoms with E-state index in [9.17, 15) is 9.90 Å². The van der Waals surface area contributed by atoms with Crippen molar-refractivity contribution in [3.05, 3.63) is 17.0 Å². The van der Waals surface area contributed by atoms with Crippen molar-refractivity contribution in [2.24, 2.45) is 5.92 Å². The molecule has 1 aliphatic rings. The van der Waals surface area contributed by atoms with Gasteiger partial charge in [-0.25, -0.2) is 0 Å². The minimum atomic E-state index is 0.0848. The van der Waals surface area contributed by atoms with Gasteiger partial charge in [-0.2, -0.15) is 0 Å². The van der Waals surface area contributed by atoms with Crippen LogP contribution in [0.15, 0.2) is 4.52 Å². The molecule has 1 aliphatic heterocycles. The van der Waals surface area contributed by atoms with Crippen LogP contribution in [0.2, 0.25) is 0 Å². The Morgan fingerprint density at radius 2 is 2.09 bits per heavy atom. The Morgan fingerprint density at radius 1 is 1.36 bits per heavy atom. The number of aliphatic hydroxyl groups is 1. The van der Waals surface area contributed by atoms with Crippen LogP contribution in [0.5, 0.6) is 0 Å². The number of aromatic nitrogens is 1. The Morgan fingerprint density at radius 3 is 2.64 bits per heavy atom. The van der Waals surface area contributed by atoms with Crippen LogP contribution in [0.25, 0.3) is 0 Å². The molecule has 2 rings (SSSR count). The zero-order chi connectivity index (χ0) is 16.3. The highest BCUT2D eigenvalue weighted by molar-refractivity contribution is 5.79. The molecule has 0 unspecified atom stereocenters. The molecule has 22 heavy (non-hydrogen) atoms.